The third-order valence-corrected chi connectivity index (χ3v) is 6.87. The number of aromatic nitrogens is 2. The highest BCUT2D eigenvalue weighted by Gasteiger charge is 2.46. The molecule has 1 amide bonds. The zero-order valence-corrected chi connectivity index (χ0v) is 16.7. The number of rotatable bonds is 2. The average Bonchev–Trinajstić information content (AvgIpc) is 3.21. The van der Waals surface area contributed by atoms with Crippen LogP contribution in [0.25, 0.3) is 0 Å². The van der Waals surface area contributed by atoms with E-state index in [9.17, 15) is 9.90 Å². The second kappa shape index (κ2) is 7.20. The molecule has 144 valence electrons. The number of carbonyl (C=O) groups excluding carboxylic acids is 1. The lowest BCUT2D eigenvalue weighted by molar-refractivity contribution is -0.0361. The third-order valence-electron chi connectivity index (χ3n) is 6.02. The van der Waals surface area contributed by atoms with E-state index in [1.54, 1.807) is 0 Å². The van der Waals surface area contributed by atoms with Gasteiger partial charge in [-0.3, -0.25) is 9.78 Å². The summed E-state index contributed by atoms with van der Waals surface area (Å²) >= 11 is 1.48. The maximum atomic E-state index is 12.8. The van der Waals surface area contributed by atoms with E-state index in [-0.39, 0.29) is 11.3 Å². The van der Waals surface area contributed by atoms with Crippen LogP contribution in [-0.2, 0) is 0 Å². The first-order valence-corrected chi connectivity index (χ1v) is 10.4. The van der Waals surface area contributed by atoms with Gasteiger partial charge in [-0.1, -0.05) is 6.07 Å². The number of likely N-dealkylation sites (tertiary alicyclic amines) is 1. The van der Waals surface area contributed by atoms with E-state index in [1.807, 2.05) is 42.5 Å². The summed E-state index contributed by atoms with van der Waals surface area (Å²) in [6.45, 7) is 6.76. The predicted molar refractivity (Wildman–Crippen MR) is 106 cm³/mol. The van der Waals surface area contributed by atoms with Crippen LogP contribution >= 0.6 is 11.3 Å². The first-order valence-electron chi connectivity index (χ1n) is 9.54. The number of aliphatic hydroxyl groups excluding tert-OH is 1. The molecule has 6 nitrogen and oxygen atoms in total. The summed E-state index contributed by atoms with van der Waals surface area (Å²) < 4.78 is 0. The number of aliphatic hydroxyl groups is 1. The predicted octanol–water partition coefficient (Wildman–Crippen LogP) is 2.65. The monoisotopic (exact) mass is 386 g/mol. The van der Waals surface area contributed by atoms with Crippen molar-refractivity contribution in [3.8, 4) is 0 Å². The Morgan fingerprint density at radius 1 is 1.30 bits per heavy atom. The van der Waals surface area contributed by atoms with Gasteiger partial charge in [-0.2, -0.15) is 0 Å². The maximum absolute atomic E-state index is 12.8. The zero-order valence-electron chi connectivity index (χ0n) is 15.9. The number of carbonyl (C=O) groups is 1. The molecule has 2 fully saturated rings. The quantitative estimate of drug-likeness (QED) is 0.859. The molecule has 4 rings (SSSR count). The molecule has 0 unspecified atom stereocenters. The van der Waals surface area contributed by atoms with Gasteiger partial charge < -0.3 is 14.9 Å². The minimum absolute atomic E-state index is 0.0828. The normalized spacial score (nSPS) is 25.8. The molecule has 1 N–H and O–H groups in total. The van der Waals surface area contributed by atoms with E-state index in [0.29, 0.717) is 19.5 Å². The molecule has 2 aliphatic rings. The lowest BCUT2D eigenvalue weighted by Gasteiger charge is -2.51. The van der Waals surface area contributed by atoms with E-state index in [0.717, 1.165) is 48.0 Å². The fourth-order valence-corrected chi connectivity index (χ4v) is 5.01. The molecule has 2 aliphatic heterocycles. The number of piperidine rings is 2. The van der Waals surface area contributed by atoms with Crippen LogP contribution in [0.5, 0.6) is 0 Å². The summed E-state index contributed by atoms with van der Waals surface area (Å²) in [5, 5.41) is 12.8. The van der Waals surface area contributed by atoms with Gasteiger partial charge in [-0.25, -0.2) is 4.98 Å². The summed E-state index contributed by atoms with van der Waals surface area (Å²) in [6, 6.07) is 3.79. The number of hydrogen-bond donors (Lipinski definition) is 1. The Labute approximate surface area is 163 Å². The van der Waals surface area contributed by atoms with Gasteiger partial charge in [0.1, 0.15) is 5.82 Å². The SMILES string of the molecule is Cc1ncc(N2CC[C@@H](O)[C@]3(CCCN(C(=O)c4cccs4)C3)C2)nc1C. The lowest BCUT2D eigenvalue weighted by Crippen LogP contribution is -2.60. The van der Waals surface area contributed by atoms with Gasteiger partial charge in [0.05, 0.1) is 28.6 Å². The molecule has 2 aromatic heterocycles. The molecule has 2 saturated heterocycles. The third kappa shape index (κ3) is 3.46. The first kappa shape index (κ1) is 18.4. The van der Waals surface area contributed by atoms with Gasteiger partial charge in [0.25, 0.3) is 5.91 Å². The number of amides is 1. The molecule has 1 spiro atoms. The van der Waals surface area contributed by atoms with Crippen molar-refractivity contribution in [2.45, 2.75) is 39.2 Å². The minimum atomic E-state index is -0.396. The minimum Gasteiger partial charge on any atom is -0.392 e. The maximum Gasteiger partial charge on any atom is 0.263 e. The Morgan fingerprint density at radius 3 is 2.89 bits per heavy atom. The summed E-state index contributed by atoms with van der Waals surface area (Å²) in [5.74, 6) is 0.949. The smallest absolute Gasteiger partial charge is 0.263 e. The average molecular weight is 387 g/mol. The van der Waals surface area contributed by atoms with Crippen LogP contribution in [-0.4, -0.2) is 58.2 Å². The molecule has 2 aromatic rings. The highest BCUT2D eigenvalue weighted by molar-refractivity contribution is 7.12. The van der Waals surface area contributed by atoms with Gasteiger partial charge in [0, 0.05) is 31.6 Å². The number of thiophene rings is 1. The second-order valence-electron chi connectivity index (χ2n) is 7.79. The van der Waals surface area contributed by atoms with Crippen LogP contribution in [0.4, 0.5) is 5.82 Å². The van der Waals surface area contributed by atoms with Crippen LogP contribution < -0.4 is 4.90 Å². The molecule has 2 atom stereocenters. The topological polar surface area (TPSA) is 69.6 Å². The highest BCUT2D eigenvalue weighted by atomic mass is 32.1. The number of nitrogens with zero attached hydrogens (tertiary/aromatic N) is 4. The van der Waals surface area contributed by atoms with Crippen molar-refractivity contribution in [1.29, 1.82) is 0 Å². The van der Waals surface area contributed by atoms with E-state index < -0.39 is 6.10 Å². The van der Waals surface area contributed by atoms with Crippen molar-refractivity contribution < 1.29 is 9.90 Å². The van der Waals surface area contributed by atoms with E-state index in [4.69, 9.17) is 4.98 Å². The Kier molecular flexibility index (Phi) is 4.90. The lowest BCUT2D eigenvalue weighted by atomic mass is 9.71. The number of aryl methyl sites for hydroxylation is 2. The highest BCUT2D eigenvalue weighted by Crippen LogP contribution is 2.40. The summed E-state index contributed by atoms with van der Waals surface area (Å²) in [4.78, 5) is 26.9. The number of hydrogen-bond acceptors (Lipinski definition) is 6. The molecule has 4 heterocycles. The summed E-state index contributed by atoms with van der Waals surface area (Å²) in [6.07, 6.45) is 3.96. The van der Waals surface area contributed by atoms with Crippen LogP contribution in [0.15, 0.2) is 23.7 Å². The van der Waals surface area contributed by atoms with Gasteiger partial charge in [-0.15, -0.1) is 11.3 Å². The summed E-state index contributed by atoms with van der Waals surface area (Å²) in [7, 11) is 0. The molecule has 0 aromatic carbocycles. The zero-order chi connectivity index (χ0) is 19.0. The van der Waals surface area contributed by atoms with Crippen LogP contribution in [0.1, 0.15) is 40.3 Å². The van der Waals surface area contributed by atoms with Crippen molar-refractivity contribution in [2.75, 3.05) is 31.1 Å². The van der Waals surface area contributed by atoms with Crippen LogP contribution in [0, 0.1) is 19.3 Å². The van der Waals surface area contributed by atoms with Crippen molar-refractivity contribution in [3.63, 3.8) is 0 Å². The molecule has 7 heteroatoms. The van der Waals surface area contributed by atoms with E-state index in [1.165, 1.54) is 11.3 Å². The molecule has 0 radical (unpaired) electrons. The first-order chi connectivity index (χ1) is 13.0. The molecule has 0 aliphatic carbocycles. The standard InChI is InChI=1S/C20H26N4O2S/c1-14-15(2)22-18(11-21-14)23-9-6-17(25)20(12-23)7-4-8-24(13-20)19(26)16-5-3-10-27-16/h3,5,10-11,17,25H,4,6-9,12-13H2,1-2H3/t17-,20-/m1/s1. The largest absolute Gasteiger partial charge is 0.392 e. The van der Waals surface area contributed by atoms with Gasteiger partial charge in [0.15, 0.2) is 0 Å². The Bertz CT molecular complexity index is 825. The van der Waals surface area contributed by atoms with Gasteiger partial charge >= 0.3 is 0 Å². The fourth-order valence-electron chi connectivity index (χ4n) is 4.32. The molecule has 27 heavy (non-hydrogen) atoms. The van der Waals surface area contributed by atoms with Gasteiger partial charge in [0.2, 0.25) is 0 Å². The second-order valence-corrected chi connectivity index (χ2v) is 8.74. The summed E-state index contributed by atoms with van der Waals surface area (Å²) in [5.41, 5.74) is 1.57. The van der Waals surface area contributed by atoms with E-state index in [2.05, 4.69) is 9.88 Å². The van der Waals surface area contributed by atoms with Crippen molar-refractivity contribution >= 4 is 23.1 Å². The fraction of sp³-hybridized carbons (Fsp3) is 0.550. The van der Waals surface area contributed by atoms with Crippen molar-refractivity contribution in [2.24, 2.45) is 5.41 Å². The Hall–Kier alpha value is -1.99. The van der Waals surface area contributed by atoms with Gasteiger partial charge in [-0.05, 0) is 44.6 Å². The van der Waals surface area contributed by atoms with Crippen molar-refractivity contribution in [3.05, 3.63) is 40.0 Å². The van der Waals surface area contributed by atoms with Crippen LogP contribution in [0.2, 0.25) is 0 Å². The Balaban J connectivity index is 1.56. The molecule has 0 saturated carbocycles. The number of anilines is 1. The molecule has 0 bridgehead atoms. The van der Waals surface area contributed by atoms with Crippen molar-refractivity contribution in [1.82, 2.24) is 14.9 Å². The molecular formula is C20H26N4O2S. The Morgan fingerprint density at radius 2 is 2.15 bits per heavy atom. The molecular weight excluding hydrogens is 360 g/mol. The van der Waals surface area contributed by atoms with E-state index >= 15 is 0 Å². The van der Waals surface area contributed by atoms with Crippen LogP contribution in [0.3, 0.4) is 0 Å².